The second kappa shape index (κ2) is 12.0. The van der Waals surface area contributed by atoms with Crippen LogP contribution in [0.2, 0.25) is 5.02 Å². The number of aromatic nitrogens is 2. The Balaban J connectivity index is 1.29. The van der Waals surface area contributed by atoms with Gasteiger partial charge in [-0.15, -0.1) is 11.3 Å². The molecule has 206 valence electrons. The van der Waals surface area contributed by atoms with Crippen LogP contribution in [0.4, 0.5) is 0 Å². The van der Waals surface area contributed by atoms with E-state index in [4.69, 9.17) is 30.8 Å². The molecule has 4 aromatic rings. The Kier molecular flexibility index (Phi) is 8.48. The van der Waals surface area contributed by atoms with Gasteiger partial charge in [-0.25, -0.2) is 4.98 Å². The lowest BCUT2D eigenvalue weighted by Gasteiger charge is -2.17. The molecule has 0 spiro atoms. The Morgan fingerprint density at radius 2 is 1.97 bits per heavy atom. The smallest absolute Gasteiger partial charge is 0.260 e. The molecule has 0 amide bonds. The first-order valence-corrected chi connectivity index (χ1v) is 14.9. The highest BCUT2D eigenvalue weighted by Crippen LogP contribution is 2.40. The summed E-state index contributed by atoms with van der Waals surface area (Å²) in [5.74, 6) is 3.42. The highest BCUT2D eigenvalue weighted by atomic mass is 35.5. The minimum absolute atomic E-state index is 0.104. The van der Waals surface area contributed by atoms with E-state index in [1.807, 2.05) is 18.2 Å². The summed E-state index contributed by atoms with van der Waals surface area (Å²) in [7, 11) is 1.57. The van der Waals surface area contributed by atoms with E-state index >= 15 is 0 Å². The minimum atomic E-state index is -0.104. The lowest BCUT2D eigenvalue weighted by molar-refractivity contribution is 0.239. The number of hydrogen-bond donors (Lipinski definition) is 1. The zero-order valence-electron chi connectivity index (χ0n) is 22.9. The highest BCUT2D eigenvalue weighted by molar-refractivity contribution is 7.18. The van der Waals surface area contributed by atoms with Crippen molar-refractivity contribution in [2.75, 3.05) is 20.3 Å². The largest absolute Gasteiger partial charge is 0.493 e. The van der Waals surface area contributed by atoms with Crippen LogP contribution in [0.5, 0.6) is 17.2 Å². The molecular formula is C31H35ClN2O4S. The number of halogens is 1. The molecule has 2 heterocycles. The highest BCUT2D eigenvalue weighted by Gasteiger charge is 2.24. The molecule has 5 rings (SSSR count). The molecule has 6 nitrogen and oxygen atoms in total. The van der Waals surface area contributed by atoms with Crippen LogP contribution in [-0.2, 0) is 12.8 Å². The number of aromatic amines is 1. The van der Waals surface area contributed by atoms with Gasteiger partial charge in [0.1, 0.15) is 16.4 Å². The lowest BCUT2D eigenvalue weighted by Crippen LogP contribution is -2.13. The number of nitrogens with one attached hydrogen (secondary N) is 1. The molecule has 0 bridgehead atoms. The summed E-state index contributed by atoms with van der Waals surface area (Å²) in [4.78, 5) is 22.9. The van der Waals surface area contributed by atoms with Gasteiger partial charge in [-0.3, -0.25) is 4.79 Å². The maximum Gasteiger partial charge on any atom is 0.260 e. The summed E-state index contributed by atoms with van der Waals surface area (Å²) in [6.45, 7) is 7.59. The van der Waals surface area contributed by atoms with Crippen molar-refractivity contribution in [1.82, 2.24) is 9.97 Å². The van der Waals surface area contributed by atoms with Crippen molar-refractivity contribution in [3.8, 4) is 28.6 Å². The van der Waals surface area contributed by atoms with E-state index in [0.717, 1.165) is 41.6 Å². The van der Waals surface area contributed by atoms with E-state index in [1.165, 1.54) is 16.0 Å². The molecular weight excluding hydrogens is 532 g/mol. The molecule has 39 heavy (non-hydrogen) atoms. The summed E-state index contributed by atoms with van der Waals surface area (Å²) in [6.07, 6.45) is 4.78. The predicted molar refractivity (Wildman–Crippen MR) is 159 cm³/mol. The number of thiophene rings is 1. The van der Waals surface area contributed by atoms with Crippen LogP contribution in [0.25, 0.3) is 21.6 Å². The Bertz CT molecular complexity index is 1530. The number of H-pyrrole nitrogens is 1. The summed E-state index contributed by atoms with van der Waals surface area (Å²) in [5.41, 5.74) is 2.96. The molecule has 1 N–H and O–H groups in total. The fourth-order valence-corrected chi connectivity index (χ4v) is 6.79. The van der Waals surface area contributed by atoms with E-state index in [9.17, 15) is 4.79 Å². The van der Waals surface area contributed by atoms with Crippen molar-refractivity contribution in [2.45, 2.75) is 58.8 Å². The number of ether oxygens (including phenoxy) is 3. The Morgan fingerprint density at radius 3 is 2.77 bits per heavy atom. The zero-order chi connectivity index (χ0) is 27.5. The van der Waals surface area contributed by atoms with Crippen molar-refractivity contribution >= 4 is 33.2 Å². The standard InChI is InChI=1S/C31H35ClN2O4S/c1-5-19(3)21-9-6-7-10-24(21)37-13-8-14-38-28-23(32)16-20(17-25(28)36-4)29-33-30(35)27-22-12-11-18(2)15-26(22)39-31(27)34-29/h6-7,9-10,16-19H,5,8,11-15H2,1-4H3,(H,33,34,35)/t18-,19-/m0/s1. The van der Waals surface area contributed by atoms with Crippen molar-refractivity contribution in [2.24, 2.45) is 5.92 Å². The molecule has 0 unspecified atom stereocenters. The van der Waals surface area contributed by atoms with Gasteiger partial charge in [0.25, 0.3) is 5.56 Å². The van der Waals surface area contributed by atoms with E-state index in [1.54, 1.807) is 30.6 Å². The molecule has 2 atom stereocenters. The molecule has 8 heteroatoms. The van der Waals surface area contributed by atoms with Gasteiger partial charge in [-0.2, -0.15) is 0 Å². The summed E-state index contributed by atoms with van der Waals surface area (Å²) < 4.78 is 17.7. The third-order valence-electron chi connectivity index (χ3n) is 7.52. The second-order valence-electron chi connectivity index (χ2n) is 10.3. The Labute approximate surface area is 238 Å². The molecule has 2 aromatic heterocycles. The average Bonchev–Trinajstić information content (AvgIpc) is 3.31. The van der Waals surface area contributed by atoms with E-state index < -0.39 is 0 Å². The quantitative estimate of drug-likeness (QED) is 0.198. The van der Waals surface area contributed by atoms with Crippen molar-refractivity contribution in [3.05, 3.63) is 67.8 Å². The summed E-state index contributed by atoms with van der Waals surface area (Å²) >= 11 is 8.28. The molecule has 0 saturated heterocycles. The Hall–Kier alpha value is -3.03. The molecule has 0 aliphatic heterocycles. The number of aryl methyl sites for hydroxylation is 1. The molecule has 2 aromatic carbocycles. The van der Waals surface area contributed by atoms with Gasteiger partial charge in [-0.05, 0) is 66.8 Å². The SMILES string of the molecule is CC[C@H](C)c1ccccc1OCCCOc1c(Cl)cc(-c2nc3sc4c(c3c(=O)[nH]2)CC[C@H](C)C4)cc1OC. The fraction of sp³-hybridized carbons (Fsp3) is 0.419. The normalized spacial score (nSPS) is 15.7. The molecule has 1 aliphatic rings. The van der Waals surface area contributed by atoms with E-state index in [2.05, 4.69) is 31.8 Å². The number of benzene rings is 2. The van der Waals surface area contributed by atoms with Gasteiger partial charge in [0.15, 0.2) is 11.5 Å². The summed E-state index contributed by atoms with van der Waals surface area (Å²) in [6, 6.07) is 11.8. The van der Waals surface area contributed by atoms with E-state index in [-0.39, 0.29) is 5.56 Å². The van der Waals surface area contributed by atoms with Gasteiger partial charge >= 0.3 is 0 Å². The van der Waals surface area contributed by atoms with Gasteiger partial charge in [0.05, 0.1) is 30.7 Å². The van der Waals surface area contributed by atoms with Crippen molar-refractivity contribution in [1.29, 1.82) is 0 Å². The van der Waals surface area contributed by atoms with Gasteiger partial charge in [0.2, 0.25) is 0 Å². The first-order chi connectivity index (χ1) is 18.9. The minimum Gasteiger partial charge on any atom is -0.493 e. The van der Waals surface area contributed by atoms with Crippen LogP contribution in [-0.4, -0.2) is 30.3 Å². The Morgan fingerprint density at radius 1 is 1.18 bits per heavy atom. The summed E-state index contributed by atoms with van der Waals surface area (Å²) in [5, 5.41) is 1.13. The van der Waals surface area contributed by atoms with Gasteiger partial charge in [-0.1, -0.05) is 50.6 Å². The van der Waals surface area contributed by atoms with Gasteiger partial charge < -0.3 is 19.2 Å². The number of fused-ring (bicyclic) bond motifs is 3. The van der Waals surface area contributed by atoms with Crippen molar-refractivity contribution in [3.63, 3.8) is 0 Å². The fourth-order valence-electron chi connectivity index (χ4n) is 5.14. The van der Waals surface area contributed by atoms with Crippen LogP contribution < -0.4 is 19.8 Å². The number of nitrogens with zero attached hydrogens (tertiary/aromatic N) is 1. The van der Waals surface area contributed by atoms with Crippen LogP contribution in [0.1, 0.15) is 62.0 Å². The maximum absolute atomic E-state index is 13.1. The molecule has 1 aliphatic carbocycles. The topological polar surface area (TPSA) is 73.4 Å². The first kappa shape index (κ1) is 27.5. The monoisotopic (exact) mass is 566 g/mol. The van der Waals surface area contributed by atoms with Gasteiger partial charge in [0, 0.05) is 16.9 Å². The van der Waals surface area contributed by atoms with Crippen LogP contribution in [0.15, 0.2) is 41.2 Å². The number of methoxy groups -OCH3 is 1. The number of rotatable bonds is 10. The number of hydrogen-bond acceptors (Lipinski definition) is 6. The van der Waals surface area contributed by atoms with Crippen LogP contribution >= 0.6 is 22.9 Å². The second-order valence-corrected chi connectivity index (χ2v) is 11.8. The molecule has 0 radical (unpaired) electrons. The average molecular weight is 567 g/mol. The maximum atomic E-state index is 13.1. The molecule has 0 fully saturated rings. The third-order valence-corrected chi connectivity index (χ3v) is 8.95. The predicted octanol–water partition coefficient (Wildman–Crippen LogP) is 7.80. The van der Waals surface area contributed by atoms with E-state index in [0.29, 0.717) is 59.4 Å². The molecule has 0 saturated carbocycles. The first-order valence-electron chi connectivity index (χ1n) is 13.7. The third kappa shape index (κ3) is 5.80. The lowest BCUT2D eigenvalue weighted by atomic mass is 9.89. The number of para-hydroxylation sites is 1. The van der Waals surface area contributed by atoms with Crippen molar-refractivity contribution < 1.29 is 14.2 Å². The van der Waals surface area contributed by atoms with Crippen LogP contribution in [0, 0.1) is 5.92 Å². The van der Waals surface area contributed by atoms with Crippen LogP contribution in [0.3, 0.4) is 0 Å². The zero-order valence-corrected chi connectivity index (χ0v) is 24.5.